The van der Waals surface area contributed by atoms with E-state index in [1.54, 1.807) is 0 Å². The number of benzene rings is 1. The van der Waals surface area contributed by atoms with E-state index in [0.29, 0.717) is 11.8 Å². The Hall–Kier alpha value is -1.84. The topological polar surface area (TPSA) is 67.5 Å². The summed E-state index contributed by atoms with van der Waals surface area (Å²) in [5.74, 6) is 1.33. The molecule has 19 heavy (non-hydrogen) atoms. The van der Waals surface area contributed by atoms with E-state index in [4.69, 9.17) is 5.73 Å². The second-order valence-corrected chi connectivity index (χ2v) is 5.48. The third-order valence-corrected chi connectivity index (χ3v) is 4.34. The molecule has 2 amide bonds. The summed E-state index contributed by atoms with van der Waals surface area (Å²) in [6.45, 7) is 0. The van der Waals surface area contributed by atoms with Gasteiger partial charge in [0.2, 0.25) is 0 Å². The fourth-order valence-electron chi connectivity index (χ4n) is 3.53. The molecule has 100 valence electrons. The zero-order valence-electron chi connectivity index (χ0n) is 10.9. The molecule has 0 bridgehead atoms. The van der Waals surface area contributed by atoms with Crippen molar-refractivity contribution in [2.75, 3.05) is 0 Å². The van der Waals surface area contributed by atoms with Gasteiger partial charge >= 0.3 is 6.03 Å². The van der Waals surface area contributed by atoms with Gasteiger partial charge in [0.25, 0.3) is 0 Å². The molecule has 4 heteroatoms. The van der Waals surface area contributed by atoms with E-state index < -0.39 is 6.03 Å². The lowest BCUT2D eigenvalue weighted by molar-refractivity contribution is 0.249. The first-order valence-corrected chi connectivity index (χ1v) is 6.97. The molecule has 0 spiro atoms. The van der Waals surface area contributed by atoms with Gasteiger partial charge in [-0.05, 0) is 36.7 Å². The number of hydrogen-bond acceptors (Lipinski definition) is 2. The highest BCUT2D eigenvalue weighted by Crippen LogP contribution is 2.44. The van der Waals surface area contributed by atoms with Crippen molar-refractivity contribution in [3.05, 3.63) is 35.4 Å². The number of fused-ring (bicyclic) bond motifs is 3. The van der Waals surface area contributed by atoms with Crippen LogP contribution in [0.1, 0.15) is 49.1 Å². The Labute approximate surface area is 113 Å². The van der Waals surface area contributed by atoms with Crippen molar-refractivity contribution < 1.29 is 4.79 Å². The molecule has 0 aliphatic heterocycles. The van der Waals surface area contributed by atoms with Crippen molar-refractivity contribution in [1.82, 2.24) is 5.43 Å². The molecule has 4 nitrogen and oxygen atoms in total. The number of rotatable bonds is 1. The summed E-state index contributed by atoms with van der Waals surface area (Å²) in [4.78, 5) is 10.8. The molecule has 0 saturated heterocycles. The number of primary amides is 1. The molecule has 1 fully saturated rings. The minimum atomic E-state index is -0.601. The van der Waals surface area contributed by atoms with Crippen LogP contribution in [0.25, 0.3) is 0 Å². The zero-order chi connectivity index (χ0) is 13.2. The molecular formula is C15H19N3O. The first-order chi connectivity index (χ1) is 9.25. The predicted octanol–water partition coefficient (Wildman–Crippen LogP) is 2.74. The maximum absolute atomic E-state index is 10.8. The van der Waals surface area contributed by atoms with E-state index >= 15 is 0 Å². The van der Waals surface area contributed by atoms with E-state index in [9.17, 15) is 4.79 Å². The number of hydrogen-bond donors (Lipinski definition) is 2. The van der Waals surface area contributed by atoms with Crippen LogP contribution in [0.3, 0.4) is 0 Å². The van der Waals surface area contributed by atoms with E-state index in [1.165, 1.54) is 36.8 Å². The van der Waals surface area contributed by atoms with Gasteiger partial charge < -0.3 is 5.73 Å². The fourth-order valence-corrected chi connectivity index (χ4v) is 3.53. The van der Waals surface area contributed by atoms with Crippen LogP contribution in [-0.2, 0) is 0 Å². The molecule has 1 aromatic rings. The van der Waals surface area contributed by atoms with Crippen LogP contribution < -0.4 is 11.2 Å². The van der Waals surface area contributed by atoms with Crippen molar-refractivity contribution in [2.45, 2.75) is 38.0 Å². The number of nitrogens with one attached hydrogen (secondary N) is 1. The summed E-state index contributed by atoms with van der Waals surface area (Å²) in [6, 6.07) is 7.83. The first-order valence-electron chi connectivity index (χ1n) is 6.97. The Morgan fingerprint density at radius 3 is 2.89 bits per heavy atom. The maximum Gasteiger partial charge on any atom is 0.332 e. The number of carbonyl (C=O) groups excluding carboxylic acids is 1. The average molecular weight is 257 g/mol. The molecule has 1 saturated carbocycles. The van der Waals surface area contributed by atoms with Gasteiger partial charge in [0.15, 0.2) is 0 Å². The van der Waals surface area contributed by atoms with Crippen LogP contribution in [0.4, 0.5) is 4.79 Å². The Balaban J connectivity index is 1.98. The van der Waals surface area contributed by atoms with Gasteiger partial charge in [0.1, 0.15) is 0 Å². The monoisotopic (exact) mass is 257 g/mol. The second-order valence-electron chi connectivity index (χ2n) is 5.48. The van der Waals surface area contributed by atoms with Crippen LogP contribution in [0.2, 0.25) is 0 Å². The van der Waals surface area contributed by atoms with E-state index in [1.807, 2.05) is 6.07 Å². The summed E-state index contributed by atoms with van der Waals surface area (Å²) in [5.41, 5.74) is 11.0. The van der Waals surface area contributed by atoms with Crippen molar-refractivity contribution in [2.24, 2.45) is 16.8 Å². The van der Waals surface area contributed by atoms with Gasteiger partial charge in [0.05, 0.1) is 5.71 Å². The van der Waals surface area contributed by atoms with E-state index in [2.05, 4.69) is 28.7 Å². The average Bonchev–Trinajstić information content (AvgIpc) is 2.44. The standard InChI is InChI=1S/C15H19N3O/c16-15(19)18-17-14-9-10-5-1-2-6-11(10)12-7-3-4-8-13(12)14/h3-4,7-8,10-11H,1-2,5-6,9H2,(H3,16,18,19)/b17-14+. The molecule has 2 aliphatic rings. The normalized spacial score (nSPS) is 27.5. The van der Waals surface area contributed by atoms with Crippen molar-refractivity contribution in [3.63, 3.8) is 0 Å². The van der Waals surface area contributed by atoms with Gasteiger partial charge in [0, 0.05) is 5.56 Å². The Kier molecular flexibility index (Phi) is 3.23. The number of hydrazone groups is 1. The molecule has 2 unspecified atom stereocenters. The van der Waals surface area contributed by atoms with Crippen LogP contribution >= 0.6 is 0 Å². The summed E-state index contributed by atoms with van der Waals surface area (Å²) < 4.78 is 0. The summed E-state index contributed by atoms with van der Waals surface area (Å²) in [5, 5.41) is 4.21. The quantitative estimate of drug-likeness (QED) is 0.746. The molecule has 0 radical (unpaired) electrons. The van der Waals surface area contributed by atoms with E-state index in [-0.39, 0.29) is 0 Å². The molecule has 2 atom stereocenters. The Morgan fingerprint density at radius 1 is 1.26 bits per heavy atom. The van der Waals surface area contributed by atoms with Crippen molar-refractivity contribution >= 4 is 11.7 Å². The number of urea groups is 1. The van der Waals surface area contributed by atoms with Crippen molar-refractivity contribution in [3.8, 4) is 0 Å². The van der Waals surface area contributed by atoms with Crippen LogP contribution in [0, 0.1) is 5.92 Å². The van der Waals surface area contributed by atoms with Crippen molar-refractivity contribution in [1.29, 1.82) is 0 Å². The maximum atomic E-state index is 10.8. The van der Waals surface area contributed by atoms with Gasteiger partial charge in [-0.1, -0.05) is 37.1 Å². The minimum absolute atomic E-state index is 0.601. The minimum Gasteiger partial charge on any atom is -0.350 e. The van der Waals surface area contributed by atoms with Gasteiger partial charge in [-0.15, -0.1) is 0 Å². The zero-order valence-corrected chi connectivity index (χ0v) is 10.9. The van der Waals surface area contributed by atoms with Gasteiger partial charge in [-0.3, -0.25) is 0 Å². The third kappa shape index (κ3) is 2.35. The van der Waals surface area contributed by atoms with Crippen LogP contribution in [0.5, 0.6) is 0 Å². The largest absolute Gasteiger partial charge is 0.350 e. The predicted molar refractivity (Wildman–Crippen MR) is 75.0 cm³/mol. The smallest absolute Gasteiger partial charge is 0.332 e. The molecular weight excluding hydrogens is 238 g/mol. The number of carbonyl (C=O) groups is 1. The van der Waals surface area contributed by atoms with Crippen LogP contribution in [0.15, 0.2) is 29.4 Å². The molecule has 2 aliphatic carbocycles. The number of amides is 2. The lowest BCUT2D eigenvalue weighted by Crippen LogP contribution is -2.31. The number of nitrogens with two attached hydrogens (primary N) is 1. The molecule has 3 N–H and O–H groups in total. The van der Waals surface area contributed by atoms with Gasteiger partial charge in [-0.2, -0.15) is 5.10 Å². The molecule has 0 aromatic heterocycles. The molecule has 3 rings (SSSR count). The molecule has 0 heterocycles. The first kappa shape index (κ1) is 12.2. The molecule has 1 aromatic carbocycles. The SMILES string of the molecule is NC(=O)N/N=C1\CC2CCCCC2c2ccccc21. The lowest BCUT2D eigenvalue weighted by atomic mass is 9.67. The Bertz CT molecular complexity index is 524. The summed E-state index contributed by atoms with van der Waals surface area (Å²) in [6.07, 6.45) is 6.11. The lowest BCUT2D eigenvalue weighted by Gasteiger charge is -2.37. The fraction of sp³-hybridized carbons (Fsp3) is 0.467. The second kappa shape index (κ2) is 5.03. The summed E-state index contributed by atoms with van der Waals surface area (Å²) >= 11 is 0. The number of nitrogens with zero attached hydrogens (tertiary/aromatic N) is 1. The highest BCUT2D eigenvalue weighted by Gasteiger charge is 2.34. The van der Waals surface area contributed by atoms with Crippen LogP contribution in [-0.4, -0.2) is 11.7 Å². The van der Waals surface area contributed by atoms with E-state index in [0.717, 1.165) is 12.1 Å². The summed E-state index contributed by atoms with van der Waals surface area (Å²) in [7, 11) is 0. The highest BCUT2D eigenvalue weighted by molar-refractivity contribution is 6.03. The van der Waals surface area contributed by atoms with Gasteiger partial charge in [-0.25, -0.2) is 10.2 Å². The third-order valence-electron chi connectivity index (χ3n) is 4.34. The highest BCUT2D eigenvalue weighted by atomic mass is 16.2. The Morgan fingerprint density at radius 2 is 2.05 bits per heavy atom.